The summed E-state index contributed by atoms with van der Waals surface area (Å²) in [5, 5.41) is 0.662. The average molecular weight is 374 g/mol. The monoisotopic (exact) mass is 373 g/mol. The zero-order valence-electron chi connectivity index (χ0n) is 15.4. The van der Waals surface area contributed by atoms with Gasteiger partial charge >= 0.3 is 0 Å². The molecule has 0 bridgehead atoms. The van der Waals surface area contributed by atoms with Crippen LogP contribution >= 0.6 is 12.2 Å². The fourth-order valence-corrected chi connectivity index (χ4v) is 3.98. The molecule has 2 heterocycles. The molecule has 3 rings (SSSR count). The van der Waals surface area contributed by atoms with Crippen LogP contribution in [-0.2, 0) is 11.3 Å². The lowest BCUT2D eigenvalue weighted by molar-refractivity contribution is -0.133. The van der Waals surface area contributed by atoms with Gasteiger partial charge in [0.25, 0.3) is 5.56 Å². The van der Waals surface area contributed by atoms with E-state index in [1.807, 2.05) is 29.2 Å². The van der Waals surface area contributed by atoms with E-state index in [1.165, 1.54) is 6.42 Å². The minimum absolute atomic E-state index is 0.0391. The molecule has 1 aliphatic heterocycles. The molecule has 0 unspecified atom stereocenters. The van der Waals surface area contributed by atoms with Crippen molar-refractivity contribution in [3.8, 4) is 0 Å². The molecular formula is C20H27N3O2S. The van der Waals surface area contributed by atoms with Gasteiger partial charge in [-0.25, -0.2) is 0 Å². The van der Waals surface area contributed by atoms with Crippen molar-refractivity contribution in [2.75, 3.05) is 13.1 Å². The molecule has 1 aliphatic rings. The number of rotatable bonds is 6. The minimum atomic E-state index is -0.0391. The van der Waals surface area contributed by atoms with Crippen molar-refractivity contribution >= 4 is 29.0 Å². The second kappa shape index (κ2) is 8.62. The highest BCUT2D eigenvalue weighted by Crippen LogP contribution is 2.17. The predicted octanol–water partition coefficient (Wildman–Crippen LogP) is 3.88. The third-order valence-corrected chi connectivity index (χ3v) is 5.49. The van der Waals surface area contributed by atoms with Crippen LogP contribution in [0.1, 0.15) is 45.4 Å². The summed E-state index contributed by atoms with van der Waals surface area (Å²) in [6, 6.07) is 7.43. The topological polar surface area (TPSA) is 58.1 Å². The minimum Gasteiger partial charge on any atom is -0.342 e. The molecule has 1 aromatic heterocycles. The normalized spacial score (nSPS) is 17.6. The number of nitrogens with zero attached hydrogens (tertiary/aromatic N) is 2. The Balaban J connectivity index is 1.50. The third kappa shape index (κ3) is 4.41. The highest BCUT2D eigenvalue weighted by Gasteiger charge is 2.20. The van der Waals surface area contributed by atoms with Gasteiger partial charge < -0.3 is 9.88 Å². The Morgan fingerprint density at radius 2 is 2.08 bits per heavy atom. The molecule has 0 spiro atoms. The van der Waals surface area contributed by atoms with Gasteiger partial charge in [-0.1, -0.05) is 25.5 Å². The average Bonchev–Trinajstić information content (AvgIpc) is 2.63. The van der Waals surface area contributed by atoms with E-state index >= 15 is 0 Å². The molecule has 140 valence electrons. The van der Waals surface area contributed by atoms with Crippen molar-refractivity contribution in [2.45, 2.75) is 52.0 Å². The summed E-state index contributed by atoms with van der Waals surface area (Å²) < 4.78 is 2.10. The number of H-pyrrole nitrogens is 1. The molecule has 1 fully saturated rings. The summed E-state index contributed by atoms with van der Waals surface area (Å²) in [5.41, 5.74) is 0.739. The molecule has 1 saturated heterocycles. The molecule has 0 saturated carbocycles. The predicted molar refractivity (Wildman–Crippen MR) is 107 cm³/mol. The number of fused-ring (bicyclic) bond motifs is 1. The maximum atomic E-state index is 12.6. The van der Waals surface area contributed by atoms with Gasteiger partial charge in [0, 0.05) is 26.1 Å². The molecule has 2 aromatic rings. The first-order chi connectivity index (χ1) is 12.6. The van der Waals surface area contributed by atoms with E-state index < -0.39 is 0 Å². The van der Waals surface area contributed by atoms with Crippen molar-refractivity contribution < 1.29 is 4.79 Å². The van der Waals surface area contributed by atoms with Crippen molar-refractivity contribution in [1.82, 2.24) is 14.5 Å². The number of unbranched alkanes of at least 4 members (excludes halogenated alkanes) is 2. The number of hydrogen-bond acceptors (Lipinski definition) is 3. The van der Waals surface area contributed by atoms with Crippen LogP contribution in [0, 0.1) is 10.7 Å². The molecule has 1 N–H and O–H groups in total. The van der Waals surface area contributed by atoms with Crippen LogP contribution in [0.5, 0.6) is 0 Å². The van der Waals surface area contributed by atoms with Crippen LogP contribution in [0.4, 0.5) is 0 Å². The van der Waals surface area contributed by atoms with E-state index in [0.29, 0.717) is 29.0 Å². The zero-order valence-corrected chi connectivity index (χ0v) is 16.2. The Labute approximate surface area is 159 Å². The molecule has 1 amide bonds. The summed E-state index contributed by atoms with van der Waals surface area (Å²) in [6.45, 7) is 4.61. The Morgan fingerprint density at radius 1 is 1.27 bits per heavy atom. The van der Waals surface area contributed by atoms with Gasteiger partial charge in [-0.2, -0.15) is 0 Å². The Morgan fingerprint density at radius 3 is 2.88 bits per heavy atom. The molecule has 26 heavy (non-hydrogen) atoms. The number of benzene rings is 1. The van der Waals surface area contributed by atoms with Crippen LogP contribution in [0.25, 0.3) is 10.9 Å². The summed E-state index contributed by atoms with van der Waals surface area (Å²) in [7, 11) is 0. The molecule has 1 aromatic carbocycles. The maximum absolute atomic E-state index is 12.6. The maximum Gasteiger partial charge on any atom is 0.262 e. The SMILES string of the molecule is C[C@H]1CCCN(C(=O)CCCCCn2c(=S)[nH]c3ccccc3c2=O)C1. The zero-order chi connectivity index (χ0) is 18.5. The van der Waals surface area contributed by atoms with Crippen molar-refractivity contribution in [1.29, 1.82) is 0 Å². The number of hydrogen-bond donors (Lipinski definition) is 1. The number of piperidine rings is 1. The number of carbonyl (C=O) groups excluding carboxylic acids is 1. The first-order valence-corrected chi connectivity index (χ1v) is 9.96. The molecular weight excluding hydrogens is 346 g/mol. The first kappa shape index (κ1) is 18.8. The van der Waals surface area contributed by atoms with E-state index in [9.17, 15) is 9.59 Å². The number of aromatic amines is 1. The largest absolute Gasteiger partial charge is 0.342 e. The quantitative estimate of drug-likeness (QED) is 0.617. The van der Waals surface area contributed by atoms with Crippen molar-refractivity contribution in [3.05, 3.63) is 39.4 Å². The Bertz CT molecular complexity index is 886. The Kier molecular flexibility index (Phi) is 6.25. The van der Waals surface area contributed by atoms with Gasteiger partial charge in [0.2, 0.25) is 5.91 Å². The second-order valence-corrected chi connectivity index (χ2v) is 7.72. The molecule has 1 atom stereocenters. The van der Waals surface area contributed by atoms with Gasteiger partial charge in [0.15, 0.2) is 4.77 Å². The lowest BCUT2D eigenvalue weighted by Gasteiger charge is -2.31. The van der Waals surface area contributed by atoms with Gasteiger partial charge in [0.1, 0.15) is 0 Å². The van der Waals surface area contributed by atoms with E-state index in [0.717, 1.165) is 44.3 Å². The highest BCUT2D eigenvalue weighted by atomic mass is 32.1. The van der Waals surface area contributed by atoms with E-state index in [2.05, 4.69) is 11.9 Å². The Hall–Kier alpha value is -1.95. The van der Waals surface area contributed by atoms with Gasteiger partial charge in [-0.3, -0.25) is 14.2 Å². The number of likely N-dealkylation sites (tertiary alicyclic amines) is 1. The van der Waals surface area contributed by atoms with Gasteiger partial charge in [0.05, 0.1) is 10.9 Å². The number of para-hydroxylation sites is 1. The van der Waals surface area contributed by atoms with Crippen molar-refractivity contribution in [2.24, 2.45) is 5.92 Å². The van der Waals surface area contributed by atoms with Gasteiger partial charge in [-0.05, 0) is 56.0 Å². The lowest BCUT2D eigenvalue weighted by atomic mass is 10.00. The number of amides is 1. The highest BCUT2D eigenvalue weighted by molar-refractivity contribution is 7.71. The standard InChI is InChI=1S/C20H27N3O2S/c1-15-8-7-12-22(14-15)18(24)11-3-2-6-13-23-19(25)16-9-4-5-10-17(16)21-20(23)26/h4-5,9-10,15H,2-3,6-8,11-14H2,1H3,(H,21,26)/t15-/m0/s1. The third-order valence-electron chi connectivity index (χ3n) is 5.17. The number of nitrogens with one attached hydrogen (secondary N) is 1. The smallest absolute Gasteiger partial charge is 0.262 e. The summed E-state index contributed by atoms with van der Waals surface area (Å²) in [6.07, 6.45) is 5.58. The lowest BCUT2D eigenvalue weighted by Crippen LogP contribution is -2.38. The van der Waals surface area contributed by atoms with Crippen molar-refractivity contribution in [3.63, 3.8) is 0 Å². The number of aromatic nitrogens is 2. The second-order valence-electron chi connectivity index (χ2n) is 7.33. The van der Waals surface area contributed by atoms with Crippen LogP contribution in [0.3, 0.4) is 0 Å². The van der Waals surface area contributed by atoms with E-state index in [4.69, 9.17) is 12.2 Å². The van der Waals surface area contributed by atoms with E-state index in [1.54, 1.807) is 4.57 Å². The summed E-state index contributed by atoms with van der Waals surface area (Å²) in [4.78, 5) is 30.0. The van der Waals surface area contributed by atoms with E-state index in [-0.39, 0.29) is 11.5 Å². The number of carbonyl (C=O) groups is 1. The van der Waals surface area contributed by atoms with Crippen LogP contribution in [0.15, 0.2) is 29.1 Å². The molecule has 0 radical (unpaired) electrons. The summed E-state index contributed by atoms with van der Waals surface area (Å²) >= 11 is 5.33. The van der Waals surface area contributed by atoms with Crippen LogP contribution in [0.2, 0.25) is 0 Å². The van der Waals surface area contributed by atoms with Gasteiger partial charge in [-0.15, -0.1) is 0 Å². The fourth-order valence-electron chi connectivity index (χ4n) is 3.70. The molecule has 0 aliphatic carbocycles. The van der Waals surface area contributed by atoms with Crippen LogP contribution < -0.4 is 5.56 Å². The molecule has 6 heteroatoms. The molecule has 5 nitrogen and oxygen atoms in total. The fraction of sp³-hybridized carbons (Fsp3) is 0.550. The first-order valence-electron chi connectivity index (χ1n) is 9.56. The summed E-state index contributed by atoms with van der Waals surface area (Å²) in [5.74, 6) is 0.894. The van der Waals surface area contributed by atoms with Crippen LogP contribution in [-0.4, -0.2) is 33.4 Å².